The van der Waals surface area contributed by atoms with Gasteiger partial charge in [0.05, 0.1) is 5.60 Å². The Hall–Kier alpha value is -1.95. The van der Waals surface area contributed by atoms with Crippen molar-refractivity contribution in [2.75, 3.05) is 6.54 Å². The van der Waals surface area contributed by atoms with Crippen LogP contribution in [-0.2, 0) is 0 Å². The molecule has 0 bridgehead atoms. The van der Waals surface area contributed by atoms with Crippen LogP contribution in [0.4, 0.5) is 0 Å². The lowest BCUT2D eigenvalue weighted by Crippen LogP contribution is -2.44. The van der Waals surface area contributed by atoms with Crippen LogP contribution < -0.4 is 5.32 Å². The van der Waals surface area contributed by atoms with Crippen molar-refractivity contribution in [2.45, 2.75) is 26.4 Å². The number of aromatic nitrogens is 1. The van der Waals surface area contributed by atoms with E-state index >= 15 is 0 Å². The molecule has 1 heterocycles. The van der Waals surface area contributed by atoms with Crippen LogP contribution in [0.3, 0.4) is 0 Å². The van der Waals surface area contributed by atoms with Gasteiger partial charge in [-0.2, -0.15) is 0 Å². The topological polar surface area (TPSA) is 99.5 Å². The molecular weight excluding hydrogens is 248 g/mol. The molecule has 0 radical (unpaired) electrons. The Morgan fingerprint density at radius 3 is 2.47 bits per heavy atom. The molecule has 1 amide bonds. The minimum atomic E-state index is -1.19. The maximum atomic E-state index is 11.8. The van der Waals surface area contributed by atoms with E-state index in [1.165, 1.54) is 18.2 Å². The van der Waals surface area contributed by atoms with E-state index < -0.39 is 17.5 Å². The second kappa shape index (κ2) is 5.79. The normalized spacial score (nSPS) is 13.9. The summed E-state index contributed by atoms with van der Waals surface area (Å²) in [7, 11) is 0. The fraction of sp³-hybridized carbons (Fsp3) is 0.462. The molecule has 3 N–H and O–H groups in total. The first-order chi connectivity index (χ1) is 8.74. The fourth-order valence-corrected chi connectivity index (χ4v) is 1.23. The summed E-state index contributed by atoms with van der Waals surface area (Å²) in [5, 5.41) is 21.3. The third-order valence-electron chi connectivity index (χ3n) is 3.05. The highest BCUT2D eigenvalue weighted by Gasteiger charge is 2.25. The molecule has 0 fully saturated rings. The number of rotatable bonds is 5. The minimum absolute atomic E-state index is 0.0134. The highest BCUT2D eigenvalue weighted by molar-refractivity contribution is 5.94. The Kier molecular flexibility index (Phi) is 4.61. The SMILES string of the molecule is CC(C)C(C)(O)CNC(=O)c1cccc(C(=O)O)n1. The third kappa shape index (κ3) is 4.03. The van der Waals surface area contributed by atoms with Gasteiger partial charge in [0.15, 0.2) is 0 Å². The Morgan fingerprint density at radius 2 is 1.95 bits per heavy atom. The summed E-state index contributed by atoms with van der Waals surface area (Å²) < 4.78 is 0. The van der Waals surface area contributed by atoms with Crippen molar-refractivity contribution < 1.29 is 19.8 Å². The van der Waals surface area contributed by atoms with E-state index in [9.17, 15) is 14.7 Å². The number of carboxylic acid groups (broad SMARTS) is 1. The van der Waals surface area contributed by atoms with Crippen LogP contribution in [0.1, 0.15) is 41.7 Å². The monoisotopic (exact) mass is 266 g/mol. The van der Waals surface area contributed by atoms with Gasteiger partial charge in [0.2, 0.25) is 0 Å². The Labute approximate surface area is 111 Å². The molecule has 0 spiro atoms. The molecule has 1 atom stereocenters. The first-order valence-corrected chi connectivity index (χ1v) is 5.95. The number of carbonyl (C=O) groups is 2. The third-order valence-corrected chi connectivity index (χ3v) is 3.05. The summed E-state index contributed by atoms with van der Waals surface area (Å²) in [5.74, 6) is -1.72. The van der Waals surface area contributed by atoms with E-state index in [2.05, 4.69) is 10.3 Å². The molecule has 0 aromatic carbocycles. The summed E-state index contributed by atoms with van der Waals surface area (Å²) in [4.78, 5) is 26.3. The zero-order valence-corrected chi connectivity index (χ0v) is 11.2. The number of amides is 1. The molecular formula is C13H18N2O4. The second-order valence-corrected chi connectivity index (χ2v) is 4.91. The highest BCUT2D eigenvalue weighted by atomic mass is 16.4. The van der Waals surface area contributed by atoms with Gasteiger partial charge in [-0.1, -0.05) is 19.9 Å². The van der Waals surface area contributed by atoms with Crippen molar-refractivity contribution in [3.63, 3.8) is 0 Å². The molecule has 19 heavy (non-hydrogen) atoms. The fourth-order valence-electron chi connectivity index (χ4n) is 1.23. The number of carboxylic acids is 1. The molecule has 6 nitrogen and oxygen atoms in total. The largest absolute Gasteiger partial charge is 0.477 e. The van der Waals surface area contributed by atoms with E-state index in [0.717, 1.165) is 0 Å². The van der Waals surface area contributed by atoms with Gasteiger partial charge < -0.3 is 15.5 Å². The summed E-state index contributed by atoms with van der Waals surface area (Å²) >= 11 is 0. The molecule has 6 heteroatoms. The molecule has 0 aliphatic rings. The van der Waals surface area contributed by atoms with Gasteiger partial charge in [-0.15, -0.1) is 0 Å². The summed E-state index contributed by atoms with van der Waals surface area (Å²) in [6, 6.07) is 4.18. The van der Waals surface area contributed by atoms with Crippen LogP contribution in [0.2, 0.25) is 0 Å². The molecule has 0 aliphatic heterocycles. The molecule has 0 saturated carbocycles. The number of nitrogens with one attached hydrogen (secondary N) is 1. The van der Waals surface area contributed by atoms with Gasteiger partial charge in [-0.3, -0.25) is 4.79 Å². The maximum Gasteiger partial charge on any atom is 0.354 e. The Bertz CT molecular complexity index is 483. The van der Waals surface area contributed by atoms with Crippen molar-refractivity contribution in [1.29, 1.82) is 0 Å². The molecule has 104 valence electrons. The van der Waals surface area contributed by atoms with Gasteiger partial charge in [-0.25, -0.2) is 9.78 Å². The maximum absolute atomic E-state index is 11.8. The Balaban J connectivity index is 2.74. The summed E-state index contributed by atoms with van der Waals surface area (Å²) in [6.45, 7) is 5.38. The smallest absolute Gasteiger partial charge is 0.354 e. The van der Waals surface area contributed by atoms with Gasteiger partial charge in [-0.05, 0) is 25.0 Å². The predicted octanol–water partition coefficient (Wildman–Crippen LogP) is 0.917. The van der Waals surface area contributed by atoms with Crippen molar-refractivity contribution in [3.8, 4) is 0 Å². The number of pyridine rings is 1. The average Bonchev–Trinajstić information content (AvgIpc) is 2.36. The Morgan fingerprint density at radius 1 is 1.37 bits per heavy atom. The minimum Gasteiger partial charge on any atom is -0.477 e. The second-order valence-electron chi connectivity index (χ2n) is 4.91. The number of hydrogen-bond acceptors (Lipinski definition) is 4. The van der Waals surface area contributed by atoms with Gasteiger partial charge in [0.25, 0.3) is 5.91 Å². The molecule has 1 unspecified atom stereocenters. The van der Waals surface area contributed by atoms with E-state index in [4.69, 9.17) is 5.11 Å². The molecule has 0 aliphatic carbocycles. The van der Waals surface area contributed by atoms with Gasteiger partial charge in [0.1, 0.15) is 11.4 Å². The zero-order chi connectivity index (χ0) is 14.6. The van der Waals surface area contributed by atoms with Crippen molar-refractivity contribution in [1.82, 2.24) is 10.3 Å². The first-order valence-electron chi connectivity index (χ1n) is 5.95. The van der Waals surface area contributed by atoms with E-state index in [1.807, 2.05) is 13.8 Å². The number of carbonyl (C=O) groups excluding carboxylic acids is 1. The standard InChI is InChI=1S/C13H18N2O4/c1-8(2)13(3,19)7-14-11(16)9-5-4-6-10(15-9)12(17)18/h4-6,8,19H,7H2,1-3H3,(H,14,16)(H,17,18). The van der Waals surface area contributed by atoms with E-state index in [-0.39, 0.29) is 23.9 Å². The van der Waals surface area contributed by atoms with Gasteiger partial charge in [0, 0.05) is 6.54 Å². The average molecular weight is 266 g/mol. The van der Waals surface area contributed by atoms with Crippen molar-refractivity contribution >= 4 is 11.9 Å². The lowest BCUT2D eigenvalue weighted by molar-refractivity contribution is 0.0141. The van der Waals surface area contributed by atoms with Crippen LogP contribution in [0.15, 0.2) is 18.2 Å². The van der Waals surface area contributed by atoms with E-state index in [1.54, 1.807) is 6.92 Å². The number of aliphatic hydroxyl groups is 1. The zero-order valence-electron chi connectivity index (χ0n) is 11.2. The quantitative estimate of drug-likeness (QED) is 0.735. The lowest BCUT2D eigenvalue weighted by atomic mass is 9.92. The van der Waals surface area contributed by atoms with Crippen LogP contribution >= 0.6 is 0 Å². The first kappa shape index (κ1) is 15.1. The summed E-state index contributed by atoms with van der Waals surface area (Å²) in [5.41, 5.74) is -1.21. The van der Waals surface area contributed by atoms with Crippen LogP contribution in [0, 0.1) is 5.92 Å². The number of aromatic carboxylic acids is 1. The van der Waals surface area contributed by atoms with Crippen LogP contribution in [-0.4, -0.2) is 39.2 Å². The molecule has 1 aromatic heterocycles. The predicted molar refractivity (Wildman–Crippen MR) is 69.0 cm³/mol. The van der Waals surface area contributed by atoms with E-state index in [0.29, 0.717) is 0 Å². The highest BCUT2D eigenvalue weighted by Crippen LogP contribution is 2.14. The number of hydrogen-bond donors (Lipinski definition) is 3. The number of nitrogens with zero attached hydrogens (tertiary/aromatic N) is 1. The lowest BCUT2D eigenvalue weighted by Gasteiger charge is -2.27. The molecule has 0 saturated heterocycles. The van der Waals surface area contributed by atoms with Crippen molar-refractivity contribution in [3.05, 3.63) is 29.6 Å². The summed E-state index contributed by atoms with van der Waals surface area (Å²) in [6.07, 6.45) is 0. The molecule has 1 aromatic rings. The van der Waals surface area contributed by atoms with Crippen LogP contribution in [0.5, 0.6) is 0 Å². The van der Waals surface area contributed by atoms with Crippen LogP contribution in [0.25, 0.3) is 0 Å². The van der Waals surface area contributed by atoms with Crippen molar-refractivity contribution in [2.24, 2.45) is 5.92 Å². The molecule has 1 rings (SSSR count). The van der Waals surface area contributed by atoms with Gasteiger partial charge >= 0.3 is 5.97 Å².